The van der Waals surface area contributed by atoms with Crippen LogP contribution in [0.25, 0.3) is 6.08 Å². The molecule has 0 saturated carbocycles. The molecule has 0 bridgehead atoms. The minimum atomic E-state index is 0.522. The first kappa shape index (κ1) is 8.88. The SMILES string of the molecule is C=CCOc1ccc2c(c1)OCC=C2. The van der Waals surface area contributed by atoms with Crippen LogP contribution in [-0.4, -0.2) is 13.2 Å². The van der Waals surface area contributed by atoms with Crippen molar-refractivity contribution in [1.29, 1.82) is 0 Å². The number of ether oxygens (including phenoxy) is 2. The summed E-state index contributed by atoms with van der Waals surface area (Å²) in [6.07, 6.45) is 5.77. The predicted octanol–water partition coefficient (Wildman–Crippen LogP) is 2.66. The van der Waals surface area contributed by atoms with Crippen molar-refractivity contribution < 1.29 is 9.47 Å². The standard InChI is InChI=1S/C12H12O2/c1-2-7-13-11-6-5-10-4-3-8-14-12(10)9-11/h2-6,9H,1,7-8H2. The molecule has 0 amide bonds. The van der Waals surface area contributed by atoms with Gasteiger partial charge in [-0.3, -0.25) is 0 Å². The second-order valence-electron chi connectivity index (χ2n) is 3.01. The van der Waals surface area contributed by atoms with Crippen LogP contribution in [0.1, 0.15) is 5.56 Å². The van der Waals surface area contributed by atoms with E-state index in [1.54, 1.807) is 6.08 Å². The third-order valence-electron chi connectivity index (χ3n) is 1.99. The molecule has 0 N–H and O–H groups in total. The molecule has 0 aliphatic carbocycles. The second kappa shape index (κ2) is 4.01. The van der Waals surface area contributed by atoms with Gasteiger partial charge in [0.1, 0.15) is 24.7 Å². The van der Waals surface area contributed by atoms with Gasteiger partial charge in [0.05, 0.1) is 0 Å². The third kappa shape index (κ3) is 1.79. The third-order valence-corrected chi connectivity index (χ3v) is 1.99. The Balaban J connectivity index is 2.21. The van der Waals surface area contributed by atoms with Gasteiger partial charge in [-0.05, 0) is 18.2 Å². The second-order valence-corrected chi connectivity index (χ2v) is 3.01. The molecule has 14 heavy (non-hydrogen) atoms. The topological polar surface area (TPSA) is 18.5 Å². The van der Waals surface area contributed by atoms with Crippen LogP contribution >= 0.6 is 0 Å². The normalized spacial score (nSPS) is 12.9. The Kier molecular flexibility index (Phi) is 2.54. The van der Waals surface area contributed by atoms with E-state index in [2.05, 4.69) is 12.7 Å². The summed E-state index contributed by atoms with van der Waals surface area (Å²) < 4.78 is 10.9. The summed E-state index contributed by atoms with van der Waals surface area (Å²) in [5, 5.41) is 0. The first-order valence-electron chi connectivity index (χ1n) is 4.57. The maximum Gasteiger partial charge on any atom is 0.130 e. The molecule has 0 unspecified atom stereocenters. The summed E-state index contributed by atoms with van der Waals surface area (Å²) in [6.45, 7) is 4.76. The molecule has 1 aliphatic heterocycles. The molecule has 72 valence electrons. The largest absolute Gasteiger partial charge is 0.489 e. The lowest BCUT2D eigenvalue weighted by Gasteiger charge is -2.13. The van der Waals surface area contributed by atoms with Gasteiger partial charge in [-0.25, -0.2) is 0 Å². The van der Waals surface area contributed by atoms with Gasteiger partial charge in [-0.1, -0.05) is 18.7 Å². The van der Waals surface area contributed by atoms with Gasteiger partial charge in [0.15, 0.2) is 0 Å². The first-order valence-corrected chi connectivity index (χ1v) is 4.57. The van der Waals surface area contributed by atoms with E-state index in [-0.39, 0.29) is 0 Å². The van der Waals surface area contributed by atoms with Gasteiger partial charge in [0.25, 0.3) is 0 Å². The van der Waals surface area contributed by atoms with Gasteiger partial charge in [0, 0.05) is 11.6 Å². The van der Waals surface area contributed by atoms with Crippen molar-refractivity contribution in [2.24, 2.45) is 0 Å². The molecule has 0 fully saturated rings. The van der Waals surface area contributed by atoms with Gasteiger partial charge < -0.3 is 9.47 Å². The van der Waals surface area contributed by atoms with E-state index in [0.717, 1.165) is 17.1 Å². The van der Waals surface area contributed by atoms with Crippen molar-refractivity contribution in [3.8, 4) is 11.5 Å². The highest BCUT2D eigenvalue weighted by atomic mass is 16.5. The Morgan fingerprint density at radius 2 is 2.43 bits per heavy atom. The lowest BCUT2D eigenvalue weighted by molar-refractivity contribution is 0.342. The molecule has 1 aromatic rings. The number of hydrogen-bond donors (Lipinski definition) is 0. The van der Waals surface area contributed by atoms with Crippen LogP contribution in [-0.2, 0) is 0 Å². The summed E-state index contributed by atoms with van der Waals surface area (Å²) in [5.41, 5.74) is 1.10. The molecule has 0 saturated heterocycles. The fraction of sp³-hybridized carbons (Fsp3) is 0.167. The Morgan fingerprint density at radius 3 is 3.29 bits per heavy atom. The van der Waals surface area contributed by atoms with E-state index in [4.69, 9.17) is 9.47 Å². The maximum atomic E-state index is 5.45. The molecule has 2 rings (SSSR count). The van der Waals surface area contributed by atoms with Gasteiger partial charge in [0.2, 0.25) is 0 Å². The first-order chi connectivity index (χ1) is 6.90. The molecule has 0 spiro atoms. The molecule has 2 nitrogen and oxygen atoms in total. The fourth-order valence-corrected chi connectivity index (χ4v) is 1.34. The Bertz CT molecular complexity index is 367. The highest BCUT2D eigenvalue weighted by Gasteiger charge is 2.06. The molecule has 0 aromatic heterocycles. The Hall–Kier alpha value is -1.70. The van der Waals surface area contributed by atoms with Gasteiger partial charge >= 0.3 is 0 Å². The van der Waals surface area contributed by atoms with E-state index >= 15 is 0 Å². The molecule has 0 radical (unpaired) electrons. The summed E-state index contributed by atoms with van der Waals surface area (Å²) >= 11 is 0. The summed E-state index contributed by atoms with van der Waals surface area (Å²) in [5.74, 6) is 1.70. The fourth-order valence-electron chi connectivity index (χ4n) is 1.34. The average molecular weight is 188 g/mol. The number of rotatable bonds is 3. The van der Waals surface area contributed by atoms with Crippen LogP contribution in [0, 0.1) is 0 Å². The lowest BCUT2D eigenvalue weighted by atomic mass is 10.1. The molecule has 2 heteroatoms. The van der Waals surface area contributed by atoms with Crippen molar-refractivity contribution in [2.45, 2.75) is 0 Å². The minimum Gasteiger partial charge on any atom is -0.489 e. The molecular formula is C12H12O2. The molecule has 1 aliphatic rings. The Morgan fingerprint density at radius 1 is 1.50 bits per heavy atom. The van der Waals surface area contributed by atoms with E-state index in [1.165, 1.54) is 0 Å². The van der Waals surface area contributed by atoms with Gasteiger partial charge in [-0.2, -0.15) is 0 Å². The smallest absolute Gasteiger partial charge is 0.130 e. The quantitative estimate of drug-likeness (QED) is 0.679. The number of fused-ring (bicyclic) bond motifs is 1. The van der Waals surface area contributed by atoms with Crippen LogP contribution in [0.15, 0.2) is 36.9 Å². The summed E-state index contributed by atoms with van der Waals surface area (Å²) in [7, 11) is 0. The highest BCUT2D eigenvalue weighted by molar-refractivity contribution is 5.60. The average Bonchev–Trinajstić information content (AvgIpc) is 2.26. The van der Waals surface area contributed by atoms with Crippen LogP contribution in [0.4, 0.5) is 0 Å². The number of hydrogen-bond acceptors (Lipinski definition) is 2. The maximum absolute atomic E-state index is 5.45. The molecule has 1 aromatic carbocycles. The van der Waals surface area contributed by atoms with E-state index in [0.29, 0.717) is 13.2 Å². The molecule has 0 atom stereocenters. The zero-order chi connectivity index (χ0) is 9.80. The minimum absolute atomic E-state index is 0.522. The van der Waals surface area contributed by atoms with E-state index in [9.17, 15) is 0 Å². The van der Waals surface area contributed by atoms with E-state index < -0.39 is 0 Å². The predicted molar refractivity (Wildman–Crippen MR) is 56.7 cm³/mol. The van der Waals surface area contributed by atoms with Crippen LogP contribution < -0.4 is 9.47 Å². The summed E-state index contributed by atoms with van der Waals surface area (Å²) in [6, 6.07) is 5.83. The van der Waals surface area contributed by atoms with Crippen molar-refractivity contribution in [2.75, 3.05) is 13.2 Å². The number of benzene rings is 1. The van der Waals surface area contributed by atoms with Crippen LogP contribution in [0.2, 0.25) is 0 Å². The monoisotopic (exact) mass is 188 g/mol. The van der Waals surface area contributed by atoms with Crippen LogP contribution in [0.3, 0.4) is 0 Å². The zero-order valence-corrected chi connectivity index (χ0v) is 7.90. The molecule has 1 heterocycles. The van der Waals surface area contributed by atoms with Crippen molar-refractivity contribution in [3.05, 3.63) is 42.5 Å². The highest BCUT2D eigenvalue weighted by Crippen LogP contribution is 2.28. The van der Waals surface area contributed by atoms with Crippen molar-refractivity contribution in [1.82, 2.24) is 0 Å². The Labute approximate surface area is 83.5 Å². The molecular weight excluding hydrogens is 176 g/mol. The van der Waals surface area contributed by atoms with Crippen molar-refractivity contribution >= 4 is 6.08 Å². The van der Waals surface area contributed by atoms with Crippen molar-refractivity contribution in [3.63, 3.8) is 0 Å². The van der Waals surface area contributed by atoms with Crippen LogP contribution in [0.5, 0.6) is 11.5 Å². The summed E-state index contributed by atoms with van der Waals surface area (Å²) in [4.78, 5) is 0. The van der Waals surface area contributed by atoms with Gasteiger partial charge in [-0.15, -0.1) is 0 Å². The van der Waals surface area contributed by atoms with E-state index in [1.807, 2.05) is 24.3 Å². The zero-order valence-electron chi connectivity index (χ0n) is 7.90. The lowest BCUT2D eigenvalue weighted by Crippen LogP contribution is -2.01.